The third-order valence-electron chi connectivity index (χ3n) is 2.05. The molecule has 0 saturated carbocycles. The lowest BCUT2D eigenvalue weighted by molar-refractivity contribution is -0.136. The van der Waals surface area contributed by atoms with Gasteiger partial charge in [0.15, 0.2) is 0 Å². The van der Waals surface area contributed by atoms with Crippen molar-refractivity contribution in [2.45, 2.75) is 13.8 Å². The van der Waals surface area contributed by atoms with Gasteiger partial charge in [-0.2, -0.15) is 0 Å². The lowest BCUT2D eigenvalue weighted by atomic mass is 10.2. The van der Waals surface area contributed by atoms with E-state index in [1.165, 1.54) is 12.2 Å². The van der Waals surface area contributed by atoms with Crippen molar-refractivity contribution in [3.63, 3.8) is 0 Å². The van der Waals surface area contributed by atoms with E-state index in [-0.39, 0.29) is 30.8 Å². The predicted octanol–water partition coefficient (Wildman–Crippen LogP) is 0.294. The summed E-state index contributed by atoms with van der Waals surface area (Å²) in [5.74, 6) is -0.439. The standard InChI is InChI=1S/C11H16N2O4/c1-8(2)7-17-11(16)12-5-6-13-9(14)3-4-10(13)15/h3-4,8H,5-7H2,1-2H3,(H,12,16). The van der Waals surface area contributed by atoms with Gasteiger partial charge in [-0.3, -0.25) is 14.5 Å². The molecule has 0 aliphatic carbocycles. The van der Waals surface area contributed by atoms with Gasteiger partial charge in [0, 0.05) is 25.2 Å². The molecule has 0 aromatic rings. The molecule has 17 heavy (non-hydrogen) atoms. The van der Waals surface area contributed by atoms with Crippen LogP contribution in [0.1, 0.15) is 13.8 Å². The van der Waals surface area contributed by atoms with Crippen LogP contribution in [0.15, 0.2) is 12.2 Å². The number of nitrogens with one attached hydrogen (secondary N) is 1. The Morgan fingerprint density at radius 3 is 2.47 bits per heavy atom. The molecule has 1 heterocycles. The zero-order valence-electron chi connectivity index (χ0n) is 9.93. The molecule has 1 aliphatic rings. The molecule has 0 atom stereocenters. The Labute approximate surface area is 99.6 Å². The smallest absolute Gasteiger partial charge is 0.407 e. The number of rotatable bonds is 5. The summed E-state index contributed by atoms with van der Waals surface area (Å²) in [5.41, 5.74) is 0. The van der Waals surface area contributed by atoms with Gasteiger partial charge in [-0.1, -0.05) is 13.8 Å². The number of imide groups is 1. The Hall–Kier alpha value is -1.85. The van der Waals surface area contributed by atoms with Crippen molar-refractivity contribution in [2.75, 3.05) is 19.7 Å². The van der Waals surface area contributed by atoms with Crippen LogP contribution in [0.5, 0.6) is 0 Å². The van der Waals surface area contributed by atoms with Crippen molar-refractivity contribution in [3.05, 3.63) is 12.2 Å². The molecule has 1 aliphatic heterocycles. The molecule has 6 nitrogen and oxygen atoms in total. The van der Waals surface area contributed by atoms with Crippen LogP contribution in [-0.2, 0) is 14.3 Å². The van der Waals surface area contributed by atoms with Crippen LogP contribution in [0.2, 0.25) is 0 Å². The lowest BCUT2D eigenvalue weighted by Gasteiger charge is -2.14. The van der Waals surface area contributed by atoms with E-state index in [9.17, 15) is 14.4 Å². The van der Waals surface area contributed by atoms with Crippen molar-refractivity contribution in [3.8, 4) is 0 Å². The van der Waals surface area contributed by atoms with Gasteiger partial charge in [-0.25, -0.2) is 4.79 Å². The second-order valence-electron chi connectivity index (χ2n) is 4.08. The van der Waals surface area contributed by atoms with Gasteiger partial charge < -0.3 is 10.1 Å². The normalized spacial score (nSPS) is 14.6. The Morgan fingerprint density at radius 2 is 1.94 bits per heavy atom. The highest BCUT2D eigenvalue weighted by atomic mass is 16.5. The highest BCUT2D eigenvalue weighted by molar-refractivity contribution is 6.12. The van der Waals surface area contributed by atoms with E-state index in [0.29, 0.717) is 6.61 Å². The molecule has 0 saturated heterocycles. The van der Waals surface area contributed by atoms with Crippen LogP contribution in [0, 0.1) is 5.92 Å². The zero-order chi connectivity index (χ0) is 12.8. The Bertz CT molecular complexity index is 331. The average molecular weight is 240 g/mol. The fourth-order valence-corrected chi connectivity index (χ4v) is 1.21. The second-order valence-corrected chi connectivity index (χ2v) is 4.08. The molecule has 0 radical (unpaired) electrons. The summed E-state index contributed by atoms with van der Waals surface area (Å²) in [6.07, 6.45) is 1.88. The van der Waals surface area contributed by atoms with Gasteiger partial charge in [0.05, 0.1) is 6.61 Å². The van der Waals surface area contributed by atoms with E-state index >= 15 is 0 Å². The summed E-state index contributed by atoms with van der Waals surface area (Å²) in [7, 11) is 0. The zero-order valence-corrected chi connectivity index (χ0v) is 9.93. The molecule has 3 amide bonds. The van der Waals surface area contributed by atoms with Crippen LogP contribution in [0.3, 0.4) is 0 Å². The van der Waals surface area contributed by atoms with Crippen molar-refractivity contribution in [2.24, 2.45) is 5.92 Å². The first kappa shape index (κ1) is 13.2. The number of carbonyl (C=O) groups excluding carboxylic acids is 3. The third-order valence-corrected chi connectivity index (χ3v) is 2.05. The molecule has 0 unspecified atom stereocenters. The van der Waals surface area contributed by atoms with E-state index in [1.807, 2.05) is 13.8 Å². The molecule has 6 heteroatoms. The van der Waals surface area contributed by atoms with Crippen molar-refractivity contribution in [1.82, 2.24) is 10.2 Å². The first-order valence-corrected chi connectivity index (χ1v) is 5.45. The minimum absolute atomic E-state index is 0.154. The molecular weight excluding hydrogens is 224 g/mol. The molecule has 1 rings (SSSR count). The van der Waals surface area contributed by atoms with Gasteiger partial charge in [-0.15, -0.1) is 0 Å². The van der Waals surface area contributed by atoms with E-state index in [4.69, 9.17) is 4.74 Å². The summed E-state index contributed by atoms with van der Waals surface area (Å²) < 4.78 is 4.87. The lowest BCUT2D eigenvalue weighted by Crippen LogP contribution is -2.38. The minimum atomic E-state index is -0.536. The summed E-state index contributed by atoms with van der Waals surface area (Å²) in [6, 6.07) is 0. The van der Waals surface area contributed by atoms with E-state index < -0.39 is 6.09 Å². The highest BCUT2D eigenvalue weighted by Crippen LogP contribution is 2.01. The van der Waals surface area contributed by atoms with Gasteiger partial charge in [0.25, 0.3) is 11.8 Å². The average Bonchev–Trinajstić information content (AvgIpc) is 2.57. The molecule has 0 aromatic heterocycles. The number of carbonyl (C=O) groups is 3. The molecular formula is C11H16N2O4. The fraction of sp³-hybridized carbons (Fsp3) is 0.545. The first-order valence-electron chi connectivity index (χ1n) is 5.45. The maximum atomic E-state index is 11.1. The van der Waals surface area contributed by atoms with Crippen molar-refractivity contribution < 1.29 is 19.1 Å². The van der Waals surface area contributed by atoms with Crippen LogP contribution >= 0.6 is 0 Å². The quantitative estimate of drug-likeness (QED) is 0.701. The monoisotopic (exact) mass is 240 g/mol. The summed E-state index contributed by atoms with van der Waals surface area (Å²) >= 11 is 0. The Morgan fingerprint density at radius 1 is 1.35 bits per heavy atom. The first-order chi connectivity index (χ1) is 8.00. The SMILES string of the molecule is CC(C)COC(=O)NCCN1C(=O)C=CC1=O. The predicted molar refractivity (Wildman–Crippen MR) is 60.0 cm³/mol. The Balaban J connectivity index is 2.18. The maximum absolute atomic E-state index is 11.1. The number of hydrogen-bond donors (Lipinski definition) is 1. The number of ether oxygens (including phenoxy) is 1. The van der Waals surface area contributed by atoms with Crippen LogP contribution < -0.4 is 5.32 Å². The number of nitrogens with zero attached hydrogens (tertiary/aromatic N) is 1. The van der Waals surface area contributed by atoms with Crippen LogP contribution in [0.4, 0.5) is 4.79 Å². The highest BCUT2D eigenvalue weighted by Gasteiger charge is 2.22. The molecule has 1 N–H and O–H groups in total. The van der Waals surface area contributed by atoms with E-state index in [2.05, 4.69) is 5.32 Å². The maximum Gasteiger partial charge on any atom is 0.407 e. The Kier molecular flexibility index (Phi) is 4.68. The van der Waals surface area contributed by atoms with Crippen LogP contribution in [0.25, 0.3) is 0 Å². The van der Waals surface area contributed by atoms with Gasteiger partial charge >= 0.3 is 6.09 Å². The van der Waals surface area contributed by atoms with Gasteiger partial charge in [-0.05, 0) is 5.92 Å². The van der Waals surface area contributed by atoms with E-state index in [0.717, 1.165) is 4.90 Å². The van der Waals surface area contributed by atoms with Gasteiger partial charge in [0.2, 0.25) is 0 Å². The van der Waals surface area contributed by atoms with Crippen molar-refractivity contribution in [1.29, 1.82) is 0 Å². The second kappa shape index (κ2) is 6.03. The van der Waals surface area contributed by atoms with Crippen molar-refractivity contribution >= 4 is 17.9 Å². The van der Waals surface area contributed by atoms with Crippen LogP contribution in [-0.4, -0.2) is 42.5 Å². The molecule has 0 bridgehead atoms. The number of alkyl carbamates (subject to hydrolysis) is 1. The molecule has 94 valence electrons. The number of hydrogen-bond acceptors (Lipinski definition) is 4. The summed E-state index contributed by atoms with van der Waals surface area (Å²) in [5, 5.41) is 2.47. The topological polar surface area (TPSA) is 75.7 Å². The molecule has 0 fully saturated rings. The summed E-state index contributed by atoms with van der Waals surface area (Å²) in [4.78, 5) is 34.5. The largest absolute Gasteiger partial charge is 0.449 e. The molecule has 0 aromatic carbocycles. The van der Waals surface area contributed by atoms with E-state index in [1.54, 1.807) is 0 Å². The minimum Gasteiger partial charge on any atom is -0.449 e. The molecule has 0 spiro atoms. The number of amides is 3. The van der Waals surface area contributed by atoms with Gasteiger partial charge in [0.1, 0.15) is 0 Å². The fourth-order valence-electron chi connectivity index (χ4n) is 1.21. The third kappa shape index (κ3) is 4.26. The summed E-state index contributed by atoms with van der Waals surface area (Å²) in [6.45, 7) is 4.55.